The maximum atomic E-state index is 12.9. The third-order valence-corrected chi connectivity index (χ3v) is 14.1. The minimum atomic E-state index is -0.810. The molecule has 0 bridgehead atoms. The molecule has 0 aromatic heterocycles. The van der Waals surface area contributed by atoms with Crippen molar-refractivity contribution in [2.75, 3.05) is 13.2 Å². The number of esters is 3. The zero-order valence-corrected chi connectivity index (χ0v) is 50.3. The van der Waals surface area contributed by atoms with E-state index in [1.807, 2.05) is 0 Å². The van der Waals surface area contributed by atoms with Crippen LogP contribution in [0.1, 0.15) is 323 Å². The van der Waals surface area contributed by atoms with Gasteiger partial charge in [0.05, 0.1) is 0 Å². The normalized spacial score (nSPS) is 12.6. The van der Waals surface area contributed by atoms with Crippen molar-refractivity contribution in [2.45, 2.75) is 329 Å². The number of hydrogen-bond donors (Lipinski definition) is 0. The summed E-state index contributed by atoms with van der Waals surface area (Å²) < 4.78 is 16.9. The van der Waals surface area contributed by atoms with E-state index in [2.05, 4.69) is 106 Å². The zero-order chi connectivity index (χ0) is 55.0. The van der Waals surface area contributed by atoms with E-state index in [0.717, 1.165) is 83.5 Å². The van der Waals surface area contributed by atoms with Crippen molar-refractivity contribution in [3.63, 3.8) is 0 Å². The van der Waals surface area contributed by atoms with E-state index in [4.69, 9.17) is 14.2 Å². The Morgan fingerprint density at radius 3 is 0.855 bits per heavy atom. The third kappa shape index (κ3) is 61.4. The number of hydrogen-bond acceptors (Lipinski definition) is 6. The SMILES string of the molecule is CC/C=C\C/C=C\C/C=C\C/C=C\C/C=C\CCCC(=O)OC(COC(=O)CCCCCCC/C=C\CCCCCCC)COC(=O)CCCCCCCCCCCCCCCCC/C=C\CCCCCCCCCC. The molecule has 1 unspecified atom stereocenters. The fraction of sp³-hybridized carbons (Fsp3) is 0.757. The van der Waals surface area contributed by atoms with Crippen LogP contribution in [0.25, 0.3) is 0 Å². The molecule has 0 rings (SSSR count). The summed E-state index contributed by atoms with van der Waals surface area (Å²) in [6.45, 7) is 6.49. The molecule has 0 aliphatic heterocycles. The van der Waals surface area contributed by atoms with Crippen LogP contribution in [0.2, 0.25) is 0 Å². The topological polar surface area (TPSA) is 78.9 Å². The average Bonchev–Trinajstić information content (AvgIpc) is 3.42. The van der Waals surface area contributed by atoms with Crippen molar-refractivity contribution in [1.82, 2.24) is 0 Å². The molecule has 0 radical (unpaired) electrons. The summed E-state index contributed by atoms with van der Waals surface area (Å²) >= 11 is 0. The van der Waals surface area contributed by atoms with Crippen molar-refractivity contribution < 1.29 is 28.6 Å². The summed E-state index contributed by atoms with van der Waals surface area (Å²) in [5.41, 5.74) is 0. The molecule has 6 heteroatoms. The zero-order valence-electron chi connectivity index (χ0n) is 50.3. The van der Waals surface area contributed by atoms with Crippen LogP contribution in [0, 0.1) is 0 Å². The Kier molecular flexibility index (Phi) is 61.2. The highest BCUT2D eigenvalue weighted by atomic mass is 16.6. The summed E-state index contributed by atoms with van der Waals surface area (Å²) in [4.78, 5) is 38.3. The van der Waals surface area contributed by atoms with Crippen molar-refractivity contribution in [3.05, 3.63) is 85.1 Å². The highest BCUT2D eigenvalue weighted by Crippen LogP contribution is 2.16. The Hall–Kier alpha value is -3.41. The number of carbonyl (C=O) groups excluding carboxylic acids is 3. The summed E-state index contributed by atoms with van der Waals surface area (Å²) in [6.07, 6.45) is 84.7. The van der Waals surface area contributed by atoms with Gasteiger partial charge >= 0.3 is 17.9 Å². The summed E-state index contributed by atoms with van der Waals surface area (Å²) in [5, 5.41) is 0. The molecule has 0 saturated carbocycles. The Bertz CT molecular complexity index is 1450. The lowest BCUT2D eigenvalue weighted by Gasteiger charge is -2.18. The van der Waals surface area contributed by atoms with Gasteiger partial charge in [-0.2, -0.15) is 0 Å². The molecule has 6 nitrogen and oxygen atoms in total. The minimum Gasteiger partial charge on any atom is -0.462 e. The molecule has 0 spiro atoms. The summed E-state index contributed by atoms with van der Waals surface area (Å²) in [5.74, 6) is -0.956. The molecular formula is C70H122O6. The standard InChI is InChI=1S/C70H122O6/c1-4-7-10-13-16-19-22-25-28-30-31-32-33-34-35-36-37-38-39-41-42-45-48-51-54-57-60-63-69(72)75-66-67(65-74-68(71)62-59-56-53-50-47-44-27-24-21-18-15-12-9-6-3)76-70(73)64-61-58-55-52-49-46-43-40-29-26-23-20-17-14-11-8-5-2/h8,11,17,20,24,26-27,29-31,43,46,52,55,67H,4-7,9-10,12-16,18-19,21-23,25,28,32-42,44-45,47-51,53-54,56-66H2,1-3H3/b11-8-,20-17-,27-24-,29-26-,31-30-,46-43-,55-52-. The van der Waals surface area contributed by atoms with E-state index >= 15 is 0 Å². The first-order valence-corrected chi connectivity index (χ1v) is 32.6. The molecule has 0 aromatic carbocycles. The Morgan fingerprint density at radius 2 is 0.526 bits per heavy atom. The average molecular weight is 1060 g/mol. The summed E-state index contributed by atoms with van der Waals surface area (Å²) in [7, 11) is 0. The van der Waals surface area contributed by atoms with Crippen LogP contribution in [0.4, 0.5) is 0 Å². The smallest absolute Gasteiger partial charge is 0.306 e. The van der Waals surface area contributed by atoms with Gasteiger partial charge in [0, 0.05) is 19.3 Å². The summed E-state index contributed by atoms with van der Waals surface area (Å²) in [6, 6.07) is 0. The molecule has 0 saturated heterocycles. The van der Waals surface area contributed by atoms with Crippen LogP contribution in [0.5, 0.6) is 0 Å². The van der Waals surface area contributed by atoms with E-state index in [1.54, 1.807) is 0 Å². The van der Waals surface area contributed by atoms with Crippen molar-refractivity contribution in [3.8, 4) is 0 Å². The second kappa shape index (κ2) is 64.1. The molecule has 0 fully saturated rings. The van der Waals surface area contributed by atoms with Gasteiger partial charge in [0.25, 0.3) is 0 Å². The maximum Gasteiger partial charge on any atom is 0.306 e. The second-order valence-electron chi connectivity index (χ2n) is 21.6. The van der Waals surface area contributed by atoms with Crippen LogP contribution < -0.4 is 0 Å². The van der Waals surface area contributed by atoms with Gasteiger partial charge in [-0.05, 0) is 109 Å². The fourth-order valence-corrected chi connectivity index (χ4v) is 9.23. The van der Waals surface area contributed by atoms with Gasteiger partial charge in [-0.15, -0.1) is 0 Å². The monoisotopic (exact) mass is 1060 g/mol. The maximum absolute atomic E-state index is 12.9. The van der Waals surface area contributed by atoms with Crippen LogP contribution in [-0.4, -0.2) is 37.2 Å². The van der Waals surface area contributed by atoms with Crippen LogP contribution in [-0.2, 0) is 28.6 Å². The lowest BCUT2D eigenvalue weighted by molar-refractivity contribution is -0.167. The largest absolute Gasteiger partial charge is 0.462 e. The van der Waals surface area contributed by atoms with Gasteiger partial charge in [-0.25, -0.2) is 0 Å². The Morgan fingerprint density at radius 1 is 0.276 bits per heavy atom. The molecule has 0 N–H and O–H groups in total. The number of unbranched alkanes of at least 4 members (excludes halogenated alkanes) is 34. The van der Waals surface area contributed by atoms with Crippen LogP contribution in [0.3, 0.4) is 0 Å². The van der Waals surface area contributed by atoms with Gasteiger partial charge in [0.1, 0.15) is 13.2 Å². The molecule has 1 atom stereocenters. The van der Waals surface area contributed by atoms with Gasteiger partial charge in [0.15, 0.2) is 6.10 Å². The highest BCUT2D eigenvalue weighted by molar-refractivity contribution is 5.71. The van der Waals surface area contributed by atoms with Crippen molar-refractivity contribution in [1.29, 1.82) is 0 Å². The number of ether oxygens (including phenoxy) is 3. The fourth-order valence-electron chi connectivity index (χ4n) is 9.23. The van der Waals surface area contributed by atoms with E-state index in [9.17, 15) is 14.4 Å². The molecule has 0 aliphatic carbocycles. The second-order valence-corrected chi connectivity index (χ2v) is 21.6. The molecule has 76 heavy (non-hydrogen) atoms. The lowest BCUT2D eigenvalue weighted by atomic mass is 10.0. The molecule has 0 amide bonds. The van der Waals surface area contributed by atoms with Gasteiger partial charge < -0.3 is 14.2 Å². The predicted molar refractivity (Wildman–Crippen MR) is 330 cm³/mol. The first kappa shape index (κ1) is 72.6. The van der Waals surface area contributed by atoms with Crippen LogP contribution >= 0.6 is 0 Å². The van der Waals surface area contributed by atoms with E-state index in [-0.39, 0.29) is 37.5 Å². The van der Waals surface area contributed by atoms with Crippen molar-refractivity contribution in [2.24, 2.45) is 0 Å². The first-order valence-electron chi connectivity index (χ1n) is 32.6. The third-order valence-electron chi connectivity index (χ3n) is 14.1. The van der Waals surface area contributed by atoms with E-state index < -0.39 is 6.10 Å². The molecule has 0 aliphatic rings. The van der Waals surface area contributed by atoms with Crippen LogP contribution in [0.15, 0.2) is 85.1 Å². The molecule has 438 valence electrons. The van der Waals surface area contributed by atoms with Gasteiger partial charge in [0.2, 0.25) is 0 Å². The van der Waals surface area contributed by atoms with E-state index in [1.165, 1.54) is 193 Å². The number of rotatable bonds is 59. The molecule has 0 aromatic rings. The molecule has 0 heterocycles. The number of allylic oxidation sites excluding steroid dienone is 14. The number of carbonyl (C=O) groups is 3. The van der Waals surface area contributed by atoms with Gasteiger partial charge in [-0.1, -0.05) is 279 Å². The first-order chi connectivity index (χ1) is 37.5. The Labute approximate surface area is 471 Å². The van der Waals surface area contributed by atoms with Gasteiger partial charge in [-0.3, -0.25) is 14.4 Å². The van der Waals surface area contributed by atoms with E-state index in [0.29, 0.717) is 19.3 Å². The molecular weight excluding hydrogens is 937 g/mol. The van der Waals surface area contributed by atoms with Crippen molar-refractivity contribution >= 4 is 17.9 Å². The predicted octanol–water partition coefficient (Wildman–Crippen LogP) is 22.3. The quantitative estimate of drug-likeness (QED) is 0.0261. The lowest BCUT2D eigenvalue weighted by Crippen LogP contribution is -2.30. The minimum absolute atomic E-state index is 0.0999. The highest BCUT2D eigenvalue weighted by Gasteiger charge is 2.19. The Balaban J connectivity index is 4.31.